The Morgan fingerprint density at radius 3 is 1.72 bits per heavy atom. The van der Waals surface area contributed by atoms with Crippen molar-refractivity contribution < 1.29 is 19.1 Å². The molecule has 4 aromatic rings. The maximum Gasteiger partial charge on any atom is 0.343 e. The van der Waals surface area contributed by atoms with Gasteiger partial charge in [-0.15, -0.1) is 0 Å². The normalized spacial score (nSPS) is 12.5. The molecule has 0 aliphatic rings. The highest BCUT2D eigenvalue weighted by Gasteiger charge is 2.32. The number of carbonyl (C=O) groups excluding carboxylic acids is 2. The molecule has 36 heavy (non-hydrogen) atoms. The maximum atomic E-state index is 12.8. The minimum absolute atomic E-state index is 0.357. The van der Waals surface area contributed by atoms with Gasteiger partial charge in [-0.05, 0) is 91.4 Å². The van der Waals surface area contributed by atoms with Crippen LogP contribution in [0.5, 0.6) is 5.75 Å². The number of ether oxygens (including phenoxy) is 2. The Labute approximate surface area is 212 Å². The Bertz CT molecular complexity index is 1400. The van der Waals surface area contributed by atoms with Crippen molar-refractivity contribution in [3.8, 4) is 5.75 Å². The number of hydrogen-bond acceptors (Lipinski definition) is 4. The lowest BCUT2D eigenvalue weighted by atomic mass is 9.70. The quantitative estimate of drug-likeness (QED) is 0.171. The summed E-state index contributed by atoms with van der Waals surface area (Å²) in [6.07, 6.45) is 0. The highest BCUT2D eigenvalue weighted by molar-refractivity contribution is 5.94. The van der Waals surface area contributed by atoms with E-state index in [1.807, 2.05) is 25.1 Å². The van der Waals surface area contributed by atoms with Gasteiger partial charge in [-0.3, -0.25) is 0 Å². The fraction of sp³-hybridized carbons (Fsp3) is 0.188. The minimum Gasteiger partial charge on any atom is -0.465 e. The molecule has 1 unspecified atom stereocenters. The number of esters is 2. The van der Waals surface area contributed by atoms with Crippen LogP contribution in [-0.4, -0.2) is 19.0 Å². The molecule has 1 atom stereocenters. The van der Waals surface area contributed by atoms with Crippen molar-refractivity contribution in [1.82, 2.24) is 0 Å². The largest absolute Gasteiger partial charge is 0.465 e. The molecule has 0 aromatic heterocycles. The number of hydrogen-bond donors (Lipinski definition) is 0. The Hall–Kier alpha value is -4.18. The summed E-state index contributed by atoms with van der Waals surface area (Å²) in [6.45, 7) is 8.43. The van der Waals surface area contributed by atoms with E-state index in [0.717, 1.165) is 11.1 Å². The third-order valence-electron chi connectivity index (χ3n) is 6.93. The number of rotatable bonds is 6. The average Bonchev–Trinajstić information content (AvgIpc) is 2.91. The zero-order valence-corrected chi connectivity index (χ0v) is 21.3. The fourth-order valence-electron chi connectivity index (χ4n) is 4.42. The van der Waals surface area contributed by atoms with Crippen molar-refractivity contribution in [1.29, 1.82) is 0 Å². The zero-order chi connectivity index (χ0) is 25.9. The minimum atomic E-state index is -0.484. The first-order chi connectivity index (χ1) is 17.2. The second-order valence-corrected chi connectivity index (χ2v) is 9.23. The molecule has 0 fully saturated rings. The van der Waals surface area contributed by atoms with Gasteiger partial charge >= 0.3 is 11.9 Å². The van der Waals surface area contributed by atoms with Crippen molar-refractivity contribution in [2.45, 2.75) is 33.1 Å². The molecule has 0 aliphatic carbocycles. The average molecular weight is 479 g/mol. The highest BCUT2D eigenvalue weighted by atomic mass is 16.5. The van der Waals surface area contributed by atoms with Gasteiger partial charge in [0.1, 0.15) is 5.75 Å². The van der Waals surface area contributed by atoms with Gasteiger partial charge in [-0.1, -0.05) is 60.7 Å². The molecule has 0 radical (unpaired) electrons. The van der Waals surface area contributed by atoms with Crippen LogP contribution >= 0.6 is 0 Å². The first kappa shape index (κ1) is 24.9. The lowest BCUT2D eigenvalue weighted by molar-refractivity contribution is 0.0599. The van der Waals surface area contributed by atoms with Gasteiger partial charge < -0.3 is 9.47 Å². The van der Waals surface area contributed by atoms with Gasteiger partial charge in [0, 0.05) is 5.41 Å². The van der Waals surface area contributed by atoms with E-state index in [0.29, 0.717) is 16.9 Å². The van der Waals surface area contributed by atoms with E-state index in [9.17, 15) is 9.59 Å². The molecule has 0 N–H and O–H groups in total. The summed E-state index contributed by atoms with van der Waals surface area (Å²) in [4.78, 5) is 24.4. The van der Waals surface area contributed by atoms with Crippen LogP contribution in [0.15, 0.2) is 91.0 Å². The van der Waals surface area contributed by atoms with E-state index >= 15 is 0 Å². The molecule has 0 bridgehead atoms. The Morgan fingerprint density at radius 2 is 1.17 bits per heavy atom. The van der Waals surface area contributed by atoms with Gasteiger partial charge in [0.2, 0.25) is 0 Å². The van der Waals surface area contributed by atoms with E-state index < -0.39 is 17.4 Å². The smallest absolute Gasteiger partial charge is 0.343 e. The van der Waals surface area contributed by atoms with Crippen molar-refractivity contribution in [3.05, 3.63) is 136 Å². The topological polar surface area (TPSA) is 52.6 Å². The molecule has 0 saturated carbocycles. The van der Waals surface area contributed by atoms with E-state index in [1.165, 1.54) is 29.4 Å². The molecular formula is C32H30O4. The molecule has 182 valence electrons. The van der Waals surface area contributed by atoms with Crippen molar-refractivity contribution >= 4 is 11.9 Å². The summed E-state index contributed by atoms with van der Waals surface area (Å²) in [7, 11) is 1.32. The van der Waals surface area contributed by atoms with Crippen LogP contribution in [0, 0.1) is 20.8 Å². The summed E-state index contributed by atoms with van der Waals surface area (Å²) in [5, 5.41) is 0. The fourth-order valence-corrected chi connectivity index (χ4v) is 4.42. The van der Waals surface area contributed by atoms with E-state index in [4.69, 9.17) is 9.47 Å². The molecule has 0 saturated heterocycles. The van der Waals surface area contributed by atoms with Gasteiger partial charge in [0.25, 0.3) is 0 Å². The van der Waals surface area contributed by atoms with Crippen molar-refractivity contribution in [2.24, 2.45) is 0 Å². The number of methoxy groups -OCH3 is 1. The van der Waals surface area contributed by atoms with E-state index in [-0.39, 0.29) is 0 Å². The molecular weight excluding hydrogens is 448 g/mol. The van der Waals surface area contributed by atoms with Crippen LogP contribution in [0.2, 0.25) is 0 Å². The van der Waals surface area contributed by atoms with Crippen LogP contribution in [0.25, 0.3) is 0 Å². The number of benzene rings is 4. The lowest BCUT2D eigenvalue weighted by Gasteiger charge is -2.33. The maximum absolute atomic E-state index is 12.8. The lowest BCUT2D eigenvalue weighted by Crippen LogP contribution is -2.25. The van der Waals surface area contributed by atoms with Gasteiger partial charge in [-0.25, -0.2) is 9.59 Å². The highest BCUT2D eigenvalue weighted by Crippen LogP contribution is 2.40. The van der Waals surface area contributed by atoms with Crippen LogP contribution in [0.3, 0.4) is 0 Å². The van der Waals surface area contributed by atoms with Crippen LogP contribution in [0.4, 0.5) is 0 Å². The molecule has 0 amide bonds. The zero-order valence-electron chi connectivity index (χ0n) is 21.3. The molecule has 4 rings (SSSR count). The van der Waals surface area contributed by atoms with E-state index in [1.54, 1.807) is 24.3 Å². The van der Waals surface area contributed by atoms with Crippen LogP contribution in [-0.2, 0) is 10.2 Å². The second-order valence-electron chi connectivity index (χ2n) is 9.23. The Kier molecular flexibility index (Phi) is 7.07. The van der Waals surface area contributed by atoms with Gasteiger partial charge in [0.15, 0.2) is 0 Å². The third kappa shape index (κ3) is 4.80. The number of aryl methyl sites for hydroxylation is 3. The first-order valence-electron chi connectivity index (χ1n) is 11.9. The Balaban J connectivity index is 1.67. The second kappa shape index (κ2) is 10.2. The predicted molar refractivity (Wildman–Crippen MR) is 142 cm³/mol. The summed E-state index contributed by atoms with van der Waals surface area (Å²) in [5.74, 6) is -0.440. The summed E-state index contributed by atoms with van der Waals surface area (Å²) >= 11 is 0. The van der Waals surface area contributed by atoms with E-state index in [2.05, 4.69) is 69.3 Å². The first-order valence-corrected chi connectivity index (χ1v) is 11.9. The molecule has 0 heterocycles. The summed E-state index contributed by atoms with van der Waals surface area (Å²) in [5.41, 5.74) is 7.19. The van der Waals surface area contributed by atoms with Crippen LogP contribution in [0.1, 0.15) is 61.0 Å². The molecule has 4 heteroatoms. The Morgan fingerprint density at radius 1 is 0.611 bits per heavy atom. The molecule has 0 aliphatic heterocycles. The monoisotopic (exact) mass is 478 g/mol. The standard InChI is InChI=1S/C32H30O4/c1-21-11-16-27(19-22(21)2)32(4,26-9-7-6-8-10-26)28-17-18-29(23(3)20-28)36-31(34)25-14-12-24(13-15-25)30(33)35-5/h6-20H,1-5H3. The predicted octanol–water partition coefficient (Wildman–Crippen LogP) is 6.97. The summed E-state index contributed by atoms with van der Waals surface area (Å²) in [6, 6.07) is 29.2. The third-order valence-corrected chi connectivity index (χ3v) is 6.93. The van der Waals surface area contributed by atoms with Crippen molar-refractivity contribution in [2.75, 3.05) is 7.11 Å². The number of carbonyl (C=O) groups is 2. The van der Waals surface area contributed by atoms with Crippen molar-refractivity contribution in [3.63, 3.8) is 0 Å². The van der Waals surface area contributed by atoms with Gasteiger partial charge in [-0.2, -0.15) is 0 Å². The SMILES string of the molecule is COC(=O)c1ccc(C(=O)Oc2ccc(C(C)(c3ccccc3)c3ccc(C)c(C)c3)cc2C)cc1. The molecule has 4 aromatic carbocycles. The van der Waals surface area contributed by atoms with Crippen LogP contribution < -0.4 is 4.74 Å². The van der Waals surface area contributed by atoms with Gasteiger partial charge in [0.05, 0.1) is 18.2 Å². The summed E-state index contributed by atoms with van der Waals surface area (Å²) < 4.78 is 10.4. The molecule has 4 nitrogen and oxygen atoms in total. The molecule has 0 spiro atoms.